The van der Waals surface area contributed by atoms with Gasteiger partial charge in [0, 0.05) is 0 Å². The van der Waals surface area contributed by atoms with Crippen molar-refractivity contribution in [2.45, 2.75) is 49.1 Å². The molecule has 2 aliphatic heterocycles. The van der Waals surface area contributed by atoms with E-state index in [-0.39, 0.29) is 18.1 Å². The molecule has 0 unspecified atom stereocenters. The van der Waals surface area contributed by atoms with Crippen LogP contribution in [-0.4, -0.2) is 50.8 Å². The molecule has 5 atom stereocenters. The molecule has 0 spiro atoms. The first-order chi connectivity index (χ1) is 13.4. The summed E-state index contributed by atoms with van der Waals surface area (Å²) in [7, 11) is -3.91. The lowest BCUT2D eigenvalue weighted by Gasteiger charge is -2.30. The summed E-state index contributed by atoms with van der Waals surface area (Å²) in [5.74, 6) is 0. The van der Waals surface area contributed by atoms with Gasteiger partial charge in [0.25, 0.3) is 10.1 Å². The maximum atomic E-state index is 12.4. The third kappa shape index (κ3) is 4.27. The minimum Gasteiger partial charge on any atom is -0.385 e. The Morgan fingerprint density at radius 3 is 2.43 bits per heavy atom. The number of rotatable bonds is 7. The highest BCUT2D eigenvalue weighted by Gasteiger charge is 2.58. The Morgan fingerprint density at radius 1 is 1.00 bits per heavy atom. The van der Waals surface area contributed by atoms with E-state index in [9.17, 15) is 13.5 Å². The molecule has 2 aromatic carbocycles. The third-order valence-corrected chi connectivity index (χ3v) is 6.10. The maximum absolute atomic E-state index is 12.4. The molecule has 0 aliphatic carbocycles. The van der Waals surface area contributed by atoms with Crippen LogP contribution in [0.3, 0.4) is 0 Å². The van der Waals surface area contributed by atoms with E-state index in [4.69, 9.17) is 18.4 Å². The van der Waals surface area contributed by atoms with E-state index < -0.39 is 40.8 Å². The number of aryl methyl sites for hydroxylation is 1. The van der Waals surface area contributed by atoms with Crippen molar-refractivity contribution in [3.63, 3.8) is 0 Å². The van der Waals surface area contributed by atoms with Crippen molar-refractivity contribution in [3.05, 3.63) is 65.7 Å². The van der Waals surface area contributed by atoms with Crippen molar-refractivity contribution < 1.29 is 31.9 Å². The number of hydrogen-bond acceptors (Lipinski definition) is 7. The van der Waals surface area contributed by atoms with Crippen LogP contribution in [0.4, 0.5) is 0 Å². The highest BCUT2D eigenvalue weighted by atomic mass is 32.2. The van der Waals surface area contributed by atoms with Gasteiger partial charge in [-0.15, -0.1) is 0 Å². The Labute approximate surface area is 163 Å². The number of ether oxygens (including phenoxy) is 3. The Hall–Kier alpha value is -1.81. The van der Waals surface area contributed by atoms with Gasteiger partial charge >= 0.3 is 0 Å². The van der Waals surface area contributed by atoms with Crippen molar-refractivity contribution >= 4 is 10.1 Å². The average molecular weight is 406 g/mol. The number of aliphatic hydroxyl groups is 1. The predicted octanol–water partition coefficient (Wildman–Crippen LogP) is 1.77. The topological polar surface area (TPSA) is 94.6 Å². The summed E-state index contributed by atoms with van der Waals surface area (Å²) in [5.41, 5.74) is 1.89. The second kappa shape index (κ2) is 7.90. The summed E-state index contributed by atoms with van der Waals surface area (Å²) < 4.78 is 46.8. The van der Waals surface area contributed by atoms with Crippen molar-refractivity contribution in [1.82, 2.24) is 0 Å². The molecule has 2 aliphatic rings. The van der Waals surface area contributed by atoms with Gasteiger partial charge in [0.1, 0.15) is 24.4 Å². The fraction of sp³-hybridized carbons (Fsp3) is 0.400. The molecular weight excluding hydrogens is 384 g/mol. The summed E-state index contributed by atoms with van der Waals surface area (Å²) >= 11 is 0. The van der Waals surface area contributed by atoms with Gasteiger partial charge in [0.2, 0.25) is 0 Å². The number of fused-ring (bicyclic) bond motifs is 1. The van der Waals surface area contributed by atoms with Crippen LogP contribution in [0.1, 0.15) is 11.1 Å². The Bertz CT molecular complexity index is 898. The molecule has 0 saturated carbocycles. The lowest BCUT2D eigenvalue weighted by molar-refractivity contribution is -0.238. The van der Waals surface area contributed by atoms with E-state index in [1.807, 2.05) is 37.3 Å². The van der Waals surface area contributed by atoms with E-state index >= 15 is 0 Å². The largest absolute Gasteiger partial charge is 0.385 e. The standard InChI is InChI=1S/C20H22O7S/c1-13-7-9-15(10-8-13)28(22,23)25-12-16-18-19(27-18)17(21)20(26-16)24-11-14-5-3-2-4-6-14/h2-10,16-21H,11-12H2,1H3/t16-,17-,18+,19-,20-/m1/s1. The molecule has 4 rings (SSSR count). The van der Waals surface area contributed by atoms with Gasteiger partial charge in [-0.3, -0.25) is 4.18 Å². The van der Waals surface area contributed by atoms with Crippen molar-refractivity contribution in [2.75, 3.05) is 6.61 Å². The van der Waals surface area contributed by atoms with Crippen LogP contribution in [0.2, 0.25) is 0 Å². The van der Waals surface area contributed by atoms with Crippen LogP contribution in [0.25, 0.3) is 0 Å². The molecule has 2 aromatic rings. The first-order valence-corrected chi connectivity index (χ1v) is 10.5. The summed E-state index contributed by atoms with van der Waals surface area (Å²) in [5, 5.41) is 10.3. The number of hydrogen-bond donors (Lipinski definition) is 1. The second-order valence-electron chi connectivity index (χ2n) is 6.95. The fourth-order valence-corrected chi connectivity index (χ4v) is 4.07. The van der Waals surface area contributed by atoms with E-state index in [0.717, 1.165) is 11.1 Å². The van der Waals surface area contributed by atoms with Crippen LogP contribution in [0.5, 0.6) is 0 Å². The summed E-state index contributed by atoms with van der Waals surface area (Å²) in [4.78, 5) is 0.0825. The monoisotopic (exact) mass is 406 g/mol. The highest BCUT2D eigenvalue weighted by molar-refractivity contribution is 7.86. The third-order valence-electron chi connectivity index (χ3n) is 4.81. The van der Waals surface area contributed by atoms with Gasteiger partial charge in [-0.1, -0.05) is 48.0 Å². The van der Waals surface area contributed by atoms with Crippen LogP contribution < -0.4 is 0 Å². The first kappa shape index (κ1) is 19.5. The lowest BCUT2D eigenvalue weighted by Crippen LogP contribution is -2.48. The minimum atomic E-state index is -3.91. The molecule has 1 N–H and O–H groups in total. The van der Waals surface area contributed by atoms with Crippen LogP contribution in [0, 0.1) is 6.92 Å². The molecule has 0 amide bonds. The van der Waals surface area contributed by atoms with Crippen LogP contribution in [-0.2, 0) is 35.1 Å². The summed E-state index contributed by atoms with van der Waals surface area (Å²) in [6, 6.07) is 15.9. The molecule has 0 aromatic heterocycles. The van der Waals surface area contributed by atoms with Crippen LogP contribution >= 0.6 is 0 Å². The van der Waals surface area contributed by atoms with Gasteiger partial charge in [0.15, 0.2) is 6.29 Å². The molecule has 8 heteroatoms. The first-order valence-electron chi connectivity index (χ1n) is 9.05. The van der Waals surface area contributed by atoms with E-state index in [1.165, 1.54) is 12.1 Å². The SMILES string of the molecule is Cc1ccc(S(=O)(=O)OC[C@H]2O[C@@H](OCc3ccccc3)[C@H](O)[C@H]3O[C@H]32)cc1. The molecular formula is C20H22O7S. The van der Waals surface area contributed by atoms with E-state index in [1.54, 1.807) is 12.1 Å². The zero-order valence-corrected chi connectivity index (χ0v) is 16.1. The van der Waals surface area contributed by atoms with Crippen LogP contribution in [0.15, 0.2) is 59.5 Å². The van der Waals surface area contributed by atoms with E-state index in [0.29, 0.717) is 0 Å². The second-order valence-corrected chi connectivity index (χ2v) is 8.56. The maximum Gasteiger partial charge on any atom is 0.297 e. The molecule has 0 radical (unpaired) electrons. The number of aliphatic hydroxyl groups excluding tert-OH is 1. The number of benzene rings is 2. The normalized spacial score (nSPS) is 29.3. The molecule has 7 nitrogen and oxygen atoms in total. The van der Waals surface area contributed by atoms with Gasteiger partial charge in [-0.2, -0.15) is 8.42 Å². The molecule has 150 valence electrons. The summed E-state index contributed by atoms with van der Waals surface area (Å²) in [6.45, 7) is 1.92. The zero-order valence-electron chi connectivity index (χ0n) is 15.3. The van der Waals surface area contributed by atoms with Crippen molar-refractivity contribution in [3.8, 4) is 0 Å². The van der Waals surface area contributed by atoms with Gasteiger partial charge in [-0.25, -0.2) is 0 Å². The van der Waals surface area contributed by atoms with Gasteiger partial charge in [0.05, 0.1) is 18.1 Å². The Balaban J connectivity index is 1.36. The molecule has 2 heterocycles. The molecule has 2 saturated heterocycles. The van der Waals surface area contributed by atoms with Gasteiger partial charge < -0.3 is 19.3 Å². The summed E-state index contributed by atoms with van der Waals surface area (Å²) in [6.07, 6.45) is -3.34. The zero-order chi connectivity index (χ0) is 19.7. The highest BCUT2D eigenvalue weighted by Crippen LogP contribution is 2.38. The van der Waals surface area contributed by atoms with Gasteiger partial charge in [-0.05, 0) is 24.6 Å². The smallest absolute Gasteiger partial charge is 0.297 e. The quantitative estimate of drug-likeness (QED) is 0.553. The molecule has 2 fully saturated rings. The minimum absolute atomic E-state index is 0.0825. The van der Waals surface area contributed by atoms with Crippen molar-refractivity contribution in [1.29, 1.82) is 0 Å². The average Bonchev–Trinajstić information content (AvgIpc) is 3.49. The number of epoxide rings is 1. The molecule has 0 bridgehead atoms. The lowest BCUT2D eigenvalue weighted by atomic mass is 10.1. The van der Waals surface area contributed by atoms with Crippen molar-refractivity contribution in [2.24, 2.45) is 0 Å². The Kier molecular flexibility index (Phi) is 5.50. The predicted molar refractivity (Wildman–Crippen MR) is 98.9 cm³/mol. The van der Waals surface area contributed by atoms with E-state index in [2.05, 4.69) is 0 Å². The Morgan fingerprint density at radius 2 is 1.71 bits per heavy atom. The molecule has 28 heavy (non-hydrogen) atoms. The fourth-order valence-electron chi connectivity index (χ4n) is 3.15.